The van der Waals surface area contributed by atoms with E-state index in [-0.39, 0.29) is 18.0 Å². The number of halogens is 1. The van der Waals surface area contributed by atoms with Crippen LogP contribution in [0, 0.1) is 10.1 Å². The number of nitro groups is 1. The molecule has 0 aliphatic rings. The monoisotopic (exact) mass is 397 g/mol. The number of non-ortho nitro benzene ring substituents is 1. The number of benzene rings is 2. The number of hydrogen-bond acceptors (Lipinski definition) is 6. The molecule has 0 amide bonds. The van der Waals surface area contributed by atoms with Gasteiger partial charge in [0.05, 0.1) is 32.3 Å². The number of methoxy groups -OCH3 is 3. The van der Waals surface area contributed by atoms with E-state index in [1.54, 1.807) is 26.4 Å². The summed E-state index contributed by atoms with van der Waals surface area (Å²) >= 11 is 3.44. The van der Waals surface area contributed by atoms with E-state index >= 15 is 0 Å². The second-order valence-corrected chi connectivity index (χ2v) is 5.53. The van der Waals surface area contributed by atoms with Gasteiger partial charge in [0.15, 0.2) is 23.0 Å². The van der Waals surface area contributed by atoms with E-state index in [9.17, 15) is 10.1 Å². The van der Waals surface area contributed by atoms with Crippen molar-refractivity contribution in [3.63, 3.8) is 0 Å². The van der Waals surface area contributed by atoms with Gasteiger partial charge in [0.2, 0.25) is 0 Å². The molecule has 0 N–H and O–H groups in total. The summed E-state index contributed by atoms with van der Waals surface area (Å²) in [7, 11) is 4.56. The lowest BCUT2D eigenvalue weighted by Gasteiger charge is -2.14. The van der Waals surface area contributed by atoms with Gasteiger partial charge in [-0.05, 0) is 18.2 Å². The third kappa shape index (κ3) is 3.88. The van der Waals surface area contributed by atoms with Crippen molar-refractivity contribution in [3.05, 3.63) is 50.5 Å². The third-order valence-electron chi connectivity index (χ3n) is 3.29. The molecule has 24 heavy (non-hydrogen) atoms. The van der Waals surface area contributed by atoms with E-state index in [2.05, 4.69) is 15.9 Å². The second kappa shape index (κ2) is 7.87. The van der Waals surface area contributed by atoms with Crippen LogP contribution in [-0.4, -0.2) is 26.3 Å². The number of nitro benzene ring substituents is 1. The molecule has 7 nitrogen and oxygen atoms in total. The Morgan fingerprint density at radius 2 is 1.58 bits per heavy atom. The van der Waals surface area contributed by atoms with Gasteiger partial charge in [-0.1, -0.05) is 15.9 Å². The molecular weight excluding hydrogens is 382 g/mol. The van der Waals surface area contributed by atoms with Crippen molar-refractivity contribution >= 4 is 21.6 Å². The summed E-state index contributed by atoms with van der Waals surface area (Å²) in [6.45, 7) is 0.165. The molecule has 0 aliphatic heterocycles. The molecule has 2 rings (SSSR count). The Kier molecular flexibility index (Phi) is 5.86. The highest BCUT2D eigenvalue weighted by atomic mass is 79.9. The Bertz CT molecular complexity index is 750. The van der Waals surface area contributed by atoms with Gasteiger partial charge >= 0.3 is 0 Å². The smallest absolute Gasteiger partial charge is 0.273 e. The van der Waals surface area contributed by atoms with Crippen molar-refractivity contribution in [2.24, 2.45) is 0 Å². The van der Waals surface area contributed by atoms with Crippen LogP contribution in [0.3, 0.4) is 0 Å². The molecule has 0 radical (unpaired) electrons. The highest BCUT2D eigenvalue weighted by Gasteiger charge is 2.14. The molecule has 8 heteroatoms. The summed E-state index contributed by atoms with van der Waals surface area (Å²) in [6.07, 6.45) is 0. The molecular formula is C16H16BrNO6. The molecule has 0 fully saturated rings. The fraction of sp³-hybridized carbons (Fsp3) is 0.250. The first-order chi connectivity index (χ1) is 11.5. The van der Waals surface area contributed by atoms with E-state index in [0.717, 1.165) is 10.0 Å². The Hall–Kier alpha value is -2.48. The van der Waals surface area contributed by atoms with Gasteiger partial charge in [-0.15, -0.1) is 0 Å². The van der Waals surface area contributed by atoms with Crippen molar-refractivity contribution in [2.75, 3.05) is 21.3 Å². The summed E-state index contributed by atoms with van der Waals surface area (Å²) in [5.74, 6) is 1.84. The van der Waals surface area contributed by atoms with E-state index < -0.39 is 4.92 Å². The minimum atomic E-state index is -0.487. The molecule has 0 bridgehead atoms. The summed E-state index contributed by atoms with van der Waals surface area (Å²) in [4.78, 5) is 10.4. The van der Waals surface area contributed by atoms with Crippen molar-refractivity contribution in [2.45, 2.75) is 6.61 Å². The second-order valence-electron chi connectivity index (χ2n) is 4.68. The summed E-state index contributed by atoms with van der Waals surface area (Å²) < 4.78 is 22.1. The van der Waals surface area contributed by atoms with Gasteiger partial charge in [0, 0.05) is 16.1 Å². The summed E-state index contributed by atoms with van der Waals surface area (Å²) in [6, 6.07) is 7.72. The first kappa shape index (κ1) is 17.9. The molecule has 0 saturated heterocycles. The molecule has 0 spiro atoms. The standard InChI is InChI=1S/C16H16BrNO6/c1-21-13-5-4-11(18(19)20)7-16(13)24-9-10-6-14(22-2)15(23-3)8-12(10)17/h4-8H,9H2,1-3H3. The number of nitrogens with zero attached hydrogens (tertiary/aromatic N) is 1. The SMILES string of the molecule is COc1cc(Br)c(COc2cc([N+](=O)[O-])ccc2OC)cc1OC. The highest BCUT2D eigenvalue weighted by Crippen LogP contribution is 2.35. The van der Waals surface area contributed by atoms with Crippen LogP contribution < -0.4 is 18.9 Å². The fourth-order valence-corrected chi connectivity index (χ4v) is 2.49. The molecule has 0 aromatic heterocycles. The lowest BCUT2D eigenvalue weighted by Crippen LogP contribution is -2.01. The summed E-state index contributed by atoms with van der Waals surface area (Å²) in [5, 5.41) is 10.9. The van der Waals surface area contributed by atoms with Gasteiger partial charge in [0.1, 0.15) is 6.61 Å². The number of hydrogen-bond donors (Lipinski definition) is 0. The lowest BCUT2D eigenvalue weighted by atomic mass is 10.2. The van der Waals surface area contributed by atoms with Crippen LogP contribution in [0.4, 0.5) is 5.69 Å². The third-order valence-corrected chi connectivity index (χ3v) is 4.03. The first-order valence-corrected chi connectivity index (χ1v) is 7.65. The Balaban J connectivity index is 2.27. The Labute approximate surface area is 147 Å². The molecule has 0 atom stereocenters. The van der Waals surface area contributed by atoms with Crippen LogP contribution in [0.15, 0.2) is 34.8 Å². The van der Waals surface area contributed by atoms with Crippen molar-refractivity contribution in [3.8, 4) is 23.0 Å². The van der Waals surface area contributed by atoms with Crippen molar-refractivity contribution in [1.29, 1.82) is 0 Å². The van der Waals surface area contributed by atoms with Gasteiger partial charge in [0.25, 0.3) is 5.69 Å². The van der Waals surface area contributed by atoms with E-state index in [4.69, 9.17) is 18.9 Å². The maximum Gasteiger partial charge on any atom is 0.273 e. The Morgan fingerprint density at radius 3 is 2.17 bits per heavy atom. The summed E-state index contributed by atoms with van der Waals surface area (Å²) in [5.41, 5.74) is 0.721. The van der Waals surface area contributed by atoms with Crippen molar-refractivity contribution < 1.29 is 23.9 Å². The largest absolute Gasteiger partial charge is 0.493 e. The fourth-order valence-electron chi connectivity index (χ4n) is 2.05. The quantitative estimate of drug-likeness (QED) is 0.519. The predicted molar refractivity (Wildman–Crippen MR) is 91.2 cm³/mol. The van der Waals surface area contributed by atoms with Gasteiger partial charge in [-0.25, -0.2) is 0 Å². The van der Waals surface area contributed by atoms with E-state index in [1.807, 2.05) is 0 Å². The maximum atomic E-state index is 10.9. The zero-order chi connectivity index (χ0) is 17.7. The highest BCUT2D eigenvalue weighted by molar-refractivity contribution is 9.10. The lowest BCUT2D eigenvalue weighted by molar-refractivity contribution is -0.385. The van der Waals surface area contributed by atoms with Crippen LogP contribution in [0.25, 0.3) is 0 Å². The molecule has 128 valence electrons. The average Bonchev–Trinajstić information content (AvgIpc) is 2.59. The van der Waals surface area contributed by atoms with Crippen LogP contribution in [0.1, 0.15) is 5.56 Å². The van der Waals surface area contributed by atoms with Crippen molar-refractivity contribution in [1.82, 2.24) is 0 Å². The van der Waals surface area contributed by atoms with Crippen LogP contribution in [0.5, 0.6) is 23.0 Å². The minimum absolute atomic E-state index is 0.0721. The molecule has 0 heterocycles. The molecule has 0 aliphatic carbocycles. The first-order valence-electron chi connectivity index (χ1n) is 6.85. The van der Waals surface area contributed by atoms with Crippen LogP contribution in [0.2, 0.25) is 0 Å². The zero-order valence-corrected chi connectivity index (χ0v) is 15.0. The molecule has 0 saturated carbocycles. The van der Waals surface area contributed by atoms with Gasteiger partial charge in [-0.3, -0.25) is 10.1 Å². The number of ether oxygens (including phenoxy) is 4. The topological polar surface area (TPSA) is 80.1 Å². The van der Waals surface area contributed by atoms with E-state index in [0.29, 0.717) is 17.2 Å². The molecule has 2 aromatic carbocycles. The molecule has 0 unspecified atom stereocenters. The Morgan fingerprint density at radius 1 is 0.958 bits per heavy atom. The van der Waals surface area contributed by atoms with Gasteiger partial charge in [-0.2, -0.15) is 0 Å². The number of rotatable bonds is 7. The predicted octanol–water partition coefficient (Wildman–Crippen LogP) is 3.96. The van der Waals surface area contributed by atoms with Crippen LogP contribution in [-0.2, 0) is 6.61 Å². The molecule has 2 aromatic rings. The van der Waals surface area contributed by atoms with E-state index in [1.165, 1.54) is 25.3 Å². The minimum Gasteiger partial charge on any atom is -0.493 e. The zero-order valence-electron chi connectivity index (χ0n) is 13.4. The maximum absolute atomic E-state index is 10.9. The average molecular weight is 398 g/mol. The van der Waals surface area contributed by atoms with Crippen LogP contribution >= 0.6 is 15.9 Å². The normalized spacial score (nSPS) is 10.2. The van der Waals surface area contributed by atoms with Gasteiger partial charge < -0.3 is 18.9 Å².